The second-order valence-corrected chi connectivity index (χ2v) is 4.91. The Hall–Kier alpha value is -0.260. The normalized spacial score (nSPS) is 50.7. The van der Waals surface area contributed by atoms with Crippen molar-refractivity contribution >= 4 is 0 Å². The third kappa shape index (κ3) is 0.901. The average molecular weight is 162 g/mol. The van der Waals surface area contributed by atoms with Gasteiger partial charge in [0.2, 0.25) is 0 Å². The Morgan fingerprint density at radius 1 is 0.750 bits per heavy atom. The zero-order valence-electron chi connectivity index (χ0n) is 7.71. The van der Waals surface area contributed by atoms with Gasteiger partial charge in [0.15, 0.2) is 0 Å². The maximum Gasteiger partial charge on any atom is -0.0197 e. The summed E-state index contributed by atoms with van der Waals surface area (Å²) in [5.41, 5.74) is 0. The molecule has 0 aromatic carbocycles. The summed E-state index contributed by atoms with van der Waals surface area (Å²) < 4.78 is 0. The Kier molecular flexibility index (Phi) is 1.56. The molecular formula is C12H18. The minimum atomic E-state index is 0.994. The van der Waals surface area contributed by atoms with E-state index in [4.69, 9.17) is 0 Å². The minimum Gasteiger partial charge on any atom is -0.0848 e. The topological polar surface area (TPSA) is 0 Å². The molecule has 0 aromatic rings. The smallest absolute Gasteiger partial charge is 0.0197 e. The van der Waals surface area contributed by atoms with Crippen LogP contribution >= 0.6 is 0 Å². The van der Waals surface area contributed by atoms with Gasteiger partial charge in [-0.15, -0.1) is 0 Å². The lowest BCUT2D eigenvalue weighted by Crippen LogP contribution is -2.32. The fourth-order valence-corrected chi connectivity index (χ4v) is 3.90. The molecule has 0 saturated heterocycles. The summed E-state index contributed by atoms with van der Waals surface area (Å²) >= 11 is 0. The van der Waals surface area contributed by atoms with Crippen molar-refractivity contribution in [2.24, 2.45) is 23.7 Å². The van der Waals surface area contributed by atoms with E-state index in [1.807, 2.05) is 0 Å². The molecular weight excluding hydrogens is 144 g/mol. The van der Waals surface area contributed by atoms with Gasteiger partial charge in [-0.2, -0.15) is 0 Å². The Morgan fingerprint density at radius 3 is 1.92 bits per heavy atom. The fraction of sp³-hybridized carbons (Fsp3) is 0.833. The van der Waals surface area contributed by atoms with E-state index in [-0.39, 0.29) is 0 Å². The van der Waals surface area contributed by atoms with Gasteiger partial charge in [0, 0.05) is 0 Å². The molecule has 0 N–H and O–H groups in total. The average Bonchev–Trinajstić information content (AvgIpc) is 2.52. The Labute approximate surface area is 75.0 Å². The first kappa shape index (κ1) is 7.17. The maximum absolute atomic E-state index is 2.53. The molecule has 3 rings (SSSR count). The van der Waals surface area contributed by atoms with Crippen molar-refractivity contribution in [2.45, 2.75) is 38.5 Å². The number of hydrogen-bond acceptors (Lipinski definition) is 0. The van der Waals surface area contributed by atoms with Gasteiger partial charge < -0.3 is 0 Å². The second kappa shape index (κ2) is 2.61. The molecule has 66 valence electrons. The van der Waals surface area contributed by atoms with Crippen molar-refractivity contribution in [3.05, 3.63) is 12.2 Å². The summed E-state index contributed by atoms with van der Waals surface area (Å²) in [6, 6.07) is 0. The van der Waals surface area contributed by atoms with Crippen LogP contribution in [0.4, 0.5) is 0 Å². The van der Waals surface area contributed by atoms with E-state index in [1.165, 1.54) is 25.7 Å². The third-order valence-corrected chi connectivity index (χ3v) is 4.36. The van der Waals surface area contributed by atoms with Crippen molar-refractivity contribution < 1.29 is 0 Å². The van der Waals surface area contributed by atoms with Crippen LogP contribution in [-0.4, -0.2) is 0 Å². The van der Waals surface area contributed by atoms with Gasteiger partial charge in [0.1, 0.15) is 0 Å². The van der Waals surface area contributed by atoms with Gasteiger partial charge >= 0.3 is 0 Å². The summed E-state index contributed by atoms with van der Waals surface area (Å²) in [5.74, 6) is 4.19. The molecule has 0 nitrogen and oxygen atoms in total. The first-order valence-electron chi connectivity index (χ1n) is 5.63. The zero-order chi connectivity index (χ0) is 7.97. The SMILES string of the molecule is C1=CC2CCCC3CCCC1C23. The summed E-state index contributed by atoms with van der Waals surface area (Å²) in [6.07, 6.45) is 14.1. The molecule has 0 aliphatic heterocycles. The lowest BCUT2D eigenvalue weighted by atomic mass is 9.64. The van der Waals surface area contributed by atoms with Gasteiger partial charge in [0.05, 0.1) is 0 Å². The van der Waals surface area contributed by atoms with E-state index in [9.17, 15) is 0 Å². The molecule has 2 saturated carbocycles. The Bertz CT molecular complexity index is 184. The van der Waals surface area contributed by atoms with Gasteiger partial charge in [0.25, 0.3) is 0 Å². The Balaban J connectivity index is 1.88. The van der Waals surface area contributed by atoms with Crippen LogP contribution in [-0.2, 0) is 0 Å². The molecule has 0 heterocycles. The lowest BCUT2D eigenvalue weighted by molar-refractivity contribution is 0.107. The van der Waals surface area contributed by atoms with Crippen molar-refractivity contribution in [3.63, 3.8) is 0 Å². The molecule has 3 aliphatic carbocycles. The monoisotopic (exact) mass is 162 g/mol. The molecule has 0 aromatic heterocycles. The minimum absolute atomic E-state index is 0.994. The standard InChI is InChI=1S/C12H18/c1-3-9-4-2-6-11-8-7-10(5-1)12(9)11/h7-12H,1-6H2. The second-order valence-electron chi connectivity index (χ2n) is 4.91. The number of allylic oxidation sites excluding steroid dienone is 2. The van der Waals surface area contributed by atoms with Gasteiger partial charge in [-0.05, 0) is 36.5 Å². The molecule has 2 atom stereocenters. The van der Waals surface area contributed by atoms with Crippen LogP contribution in [0, 0.1) is 23.7 Å². The fourth-order valence-electron chi connectivity index (χ4n) is 3.90. The largest absolute Gasteiger partial charge is 0.0848 e. The van der Waals surface area contributed by atoms with Crippen molar-refractivity contribution in [2.75, 3.05) is 0 Å². The molecule has 3 aliphatic rings. The van der Waals surface area contributed by atoms with E-state index >= 15 is 0 Å². The Morgan fingerprint density at radius 2 is 1.33 bits per heavy atom. The maximum atomic E-state index is 2.53. The highest BCUT2D eigenvalue weighted by Gasteiger charge is 2.41. The van der Waals surface area contributed by atoms with Crippen LogP contribution in [0.5, 0.6) is 0 Å². The van der Waals surface area contributed by atoms with Crippen molar-refractivity contribution in [3.8, 4) is 0 Å². The highest BCUT2D eigenvalue weighted by Crippen LogP contribution is 2.50. The lowest BCUT2D eigenvalue weighted by Gasteiger charge is -2.41. The van der Waals surface area contributed by atoms with E-state index < -0.39 is 0 Å². The first-order chi connectivity index (χ1) is 5.95. The van der Waals surface area contributed by atoms with E-state index in [1.54, 1.807) is 12.8 Å². The first-order valence-corrected chi connectivity index (χ1v) is 5.63. The highest BCUT2D eigenvalue weighted by molar-refractivity contribution is 5.10. The van der Waals surface area contributed by atoms with Crippen LogP contribution in [0.3, 0.4) is 0 Å². The molecule has 0 bridgehead atoms. The van der Waals surface area contributed by atoms with Crippen LogP contribution in [0.15, 0.2) is 12.2 Å². The predicted octanol–water partition coefficient (Wildman–Crippen LogP) is 3.39. The molecule has 2 unspecified atom stereocenters. The predicted molar refractivity (Wildman–Crippen MR) is 50.8 cm³/mol. The van der Waals surface area contributed by atoms with Crippen LogP contribution in [0.2, 0.25) is 0 Å². The molecule has 12 heavy (non-hydrogen) atoms. The third-order valence-electron chi connectivity index (χ3n) is 4.36. The number of hydrogen-bond donors (Lipinski definition) is 0. The van der Waals surface area contributed by atoms with E-state index in [0.717, 1.165) is 23.7 Å². The van der Waals surface area contributed by atoms with Crippen molar-refractivity contribution in [1.82, 2.24) is 0 Å². The summed E-state index contributed by atoms with van der Waals surface area (Å²) in [5, 5.41) is 0. The van der Waals surface area contributed by atoms with Gasteiger partial charge in [-0.3, -0.25) is 0 Å². The summed E-state index contributed by atoms with van der Waals surface area (Å²) in [4.78, 5) is 0. The summed E-state index contributed by atoms with van der Waals surface area (Å²) in [6.45, 7) is 0. The molecule has 0 amide bonds. The van der Waals surface area contributed by atoms with E-state index in [2.05, 4.69) is 12.2 Å². The number of rotatable bonds is 0. The van der Waals surface area contributed by atoms with Crippen LogP contribution < -0.4 is 0 Å². The quantitative estimate of drug-likeness (QED) is 0.479. The molecule has 0 spiro atoms. The van der Waals surface area contributed by atoms with Gasteiger partial charge in [-0.1, -0.05) is 37.8 Å². The van der Waals surface area contributed by atoms with Crippen LogP contribution in [0.1, 0.15) is 38.5 Å². The summed E-state index contributed by atoms with van der Waals surface area (Å²) in [7, 11) is 0. The molecule has 0 radical (unpaired) electrons. The van der Waals surface area contributed by atoms with Crippen molar-refractivity contribution in [1.29, 1.82) is 0 Å². The van der Waals surface area contributed by atoms with Gasteiger partial charge in [-0.25, -0.2) is 0 Å². The molecule has 2 fully saturated rings. The molecule has 0 heteroatoms. The highest BCUT2D eigenvalue weighted by atomic mass is 14.5. The van der Waals surface area contributed by atoms with Crippen LogP contribution in [0.25, 0.3) is 0 Å². The van der Waals surface area contributed by atoms with E-state index in [0.29, 0.717) is 0 Å². The zero-order valence-corrected chi connectivity index (χ0v) is 7.71.